The van der Waals surface area contributed by atoms with Crippen LogP contribution in [0.4, 0.5) is 13.2 Å². The number of hydrogen-bond donors (Lipinski definition) is 0. The lowest BCUT2D eigenvalue weighted by atomic mass is 10.00. The molecule has 9 rings (SSSR count). The van der Waals surface area contributed by atoms with Crippen molar-refractivity contribution < 1.29 is 13.2 Å². The number of benzene rings is 6. The topological polar surface area (TPSA) is 22.8 Å². The summed E-state index contributed by atoms with van der Waals surface area (Å²) in [6.45, 7) is 8.05. The molecule has 254 valence electrons. The number of rotatable bonds is 4. The third-order valence-electron chi connectivity index (χ3n) is 10.1. The summed E-state index contributed by atoms with van der Waals surface area (Å²) in [4.78, 5) is 5.23. The molecule has 3 heterocycles. The van der Waals surface area contributed by atoms with Crippen molar-refractivity contribution in [2.75, 3.05) is 0 Å². The van der Waals surface area contributed by atoms with E-state index in [2.05, 4.69) is 72.8 Å². The predicted octanol–water partition coefficient (Wildman–Crippen LogP) is 12.9. The summed E-state index contributed by atoms with van der Waals surface area (Å²) in [6.07, 6.45) is -4.63. The molecule has 0 aliphatic rings. The van der Waals surface area contributed by atoms with Gasteiger partial charge in [0.2, 0.25) is 0 Å². The van der Waals surface area contributed by atoms with Gasteiger partial charge in [-0.25, -0.2) is 4.98 Å². The molecule has 0 atom stereocenters. The fraction of sp³-hybridized carbons (Fsp3) is 0.109. The van der Waals surface area contributed by atoms with Gasteiger partial charge in [0.15, 0.2) is 0 Å². The molecular formula is C46H34F3N3. The van der Waals surface area contributed by atoms with E-state index in [1.165, 1.54) is 12.1 Å². The summed E-state index contributed by atoms with van der Waals surface area (Å²) in [7, 11) is 0. The second-order valence-corrected chi connectivity index (χ2v) is 13.9. The number of aromatic nitrogens is 3. The molecule has 6 aromatic carbocycles. The smallest absolute Gasteiger partial charge is 0.308 e. The number of fused-ring (bicyclic) bond motifs is 6. The number of hydrogen-bond acceptors (Lipinski definition) is 1. The van der Waals surface area contributed by atoms with Crippen molar-refractivity contribution >= 4 is 43.6 Å². The average molecular weight is 686 g/mol. The number of nitrogens with zero attached hydrogens (tertiary/aromatic N) is 3. The van der Waals surface area contributed by atoms with Gasteiger partial charge in [0.25, 0.3) is 0 Å². The van der Waals surface area contributed by atoms with Gasteiger partial charge in [-0.05, 0) is 98.5 Å². The van der Waals surface area contributed by atoms with Gasteiger partial charge in [-0.3, -0.25) is 0 Å². The highest BCUT2D eigenvalue weighted by atomic mass is 19.4. The number of pyridine rings is 1. The van der Waals surface area contributed by atoms with Crippen LogP contribution in [0.25, 0.3) is 77.5 Å². The van der Waals surface area contributed by atoms with E-state index in [4.69, 9.17) is 4.98 Å². The average Bonchev–Trinajstić information content (AvgIpc) is 3.61. The lowest BCUT2D eigenvalue weighted by molar-refractivity contribution is -0.137. The van der Waals surface area contributed by atoms with Crippen molar-refractivity contribution in [3.8, 4) is 33.9 Å². The summed E-state index contributed by atoms with van der Waals surface area (Å²) in [5.74, 6) is 0. The molecule has 0 N–H and O–H groups in total. The van der Waals surface area contributed by atoms with E-state index in [1.54, 1.807) is 0 Å². The molecule has 3 aromatic heterocycles. The summed E-state index contributed by atoms with van der Waals surface area (Å²) in [6, 6.07) is 43.0. The minimum atomic E-state index is -4.63. The van der Waals surface area contributed by atoms with Crippen LogP contribution in [0.15, 0.2) is 133 Å². The second kappa shape index (κ2) is 11.7. The van der Waals surface area contributed by atoms with Gasteiger partial charge in [0.1, 0.15) is 0 Å². The highest BCUT2D eigenvalue weighted by Gasteiger charge is 2.34. The molecule has 0 amide bonds. The van der Waals surface area contributed by atoms with Crippen LogP contribution in [0.3, 0.4) is 0 Å². The van der Waals surface area contributed by atoms with Crippen LogP contribution in [0.1, 0.15) is 27.8 Å². The Balaban J connectivity index is 1.52. The molecule has 0 saturated heterocycles. The Morgan fingerprint density at radius 1 is 0.442 bits per heavy atom. The molecule has 52 heavy (non-hydrogen) atoms. The van der Waals surface area contributed by atoms with E-state index < -0.39 is 11.7 Å². The highest BCUT2D eigenvalue weighted by molar-refractivity contribution is 6.12. The molecule has 0 radical (unpaired) electrons. The van der Waals surface area contributed by atoms with Crippen LogP contribution in [-0.2, 0) is 6.18 Å². The molecule has 3 nitrogen and oxygen atoms in total. The summed E-state index contributed by atoms with van der Waals surface area (Å²) in [5, 5.41) is 3.89. The maximum atomic E-state index is 15.3. The van der Waals surface area contributed by atoms with E-state index >= 15 is 13.2 Å². The van der Waals surface area contributed by atoms with Crippen LogP contribution in [-0.4, -0.2) is 14.1 Å². The number of alkyl halides is 3. The maximum Gasteiger partial charge on any atom is 0.416 e. The first-order valence-electron chi connectivity index (χ1n) is 17.4. The van der Waals surface area contributed by atoms with Crippen molar-refractivity contribution in [1.82, 2.24) is 14.1 Å². The van der Waals surface area contributed by atoms with Gasteiger partial charge in [-0.2, -0.15) is 13.2 Å². The SMILES string of the molecule is Cc1ccc2c3ccc(C)cc3n(-c3cc(C(F)(F)F)cc(-n4c5cc(C)ccc5c5ccc(C)cc54)c3-c3cccc(-c4ccccc4)n3)c2c1. The van der Waals surface area contributed by atoms with Crippen LogP contribution in [0.2, 0.25) is 0 Å². The van der Waals surface area contributed by atoms with E-state index in [-0.39, 0.29) is 0 Å². The van der Waals surface area contributed by atoms with Gasteiger partial charge in [-0.15, -0.1) is 0 Å². The van der Waals surface area contributed by atoms with E-state index in [0.717, 1.165) is 77.1 Å². The Morgan fingerprint density at radius 3 is 1.25 bits per heavy atom. The van der Waals surface area contributed by atoms with Crippen LogP contribution in [0, 0.1) is 27.7 Å². The van der Waals surface area contributed by atoms with Crippen molar-refractivity contribution in [2.45, 2.75) is 33.9 Å². The normalized spacial score (nSPS) is 12.1. The van der Waals surface area contributed by atoms with Gasteiger partial charge < -0.3 is 9.13 Å². The lowest BCUT2D eigenvalue weighted by Crippen LogP contribution is -2.11. The zero-order valence-corrected chi connectivity index (χ0v) is 29.2. The minimum absolute atomic E-state index is 0.411. The van der Waals surface area contributed by atoms with E-state index in [9.17, 15) is 0 Å². The molecule has 0 fully saturated rings. The Bertz CT molecular complexity index is 2610. The predicted molar refractivity (Wildman–Crippen MR) is 208 cm³/mol. The van der Waals surface area contributed by atoms with E-state index in [0.29, 0.717) is 22.6 Å². The summed E-state index contributed by atoms with van der Waals surface area (Å²) in [5.41, 5.74) is 10.3. The molecule has 0 aliphatic heterocycles. The molecule has 0 aliphatic carbocycles. The van der Waals surface area contributed by atoms with Crippen molar-refractivity contribution in [3.05, 3.63) is 161 Å². The zero-order chi connectivity index (χ0) is 35.9. The van der Waals surface area contributed by atoms with Gasteiger partial charge in [0, 0.05) is 32.7 Å². The van der Waals surface area contributed by atoms with Crippen LogP contribution in [0.5, 0.6) is 0 Å². The standard InChI is InChI=1S/C46H34F3N3/c1-27-13-17-33-34-18-14-28(2)22-40(34)51(39(33)21-27)43-25-32(46(47,48)49)26-44(45(43)38-12-8-11-37(50-38)31-9-6-5-7-10-31)52-41-23-29(3)15-19-35(41)36-20-16-30(4)24-42(36)52/h5-26H,1-4H3. The van der Waals surface area contributed by atoms with Crippen molar-refractivity contribution in [2.24, 2.45) is 0 Å². The Labute approximate surface area is 299 Å². The molecule has 0 bridgehead atoms. The summed E-state index contributed by atoms with van der Waals surface area (Å²) >= 11 is 0. The molecule has 0 unspecified atom stereocenters. The molecule has 0 saturated carbocycles. The molecule has 9 aromatic rings. The zero-order valence-electron chi connectivity index (χ0n) is 29.2. The summed E-state index contributed by atoms with van der Waals surface area (Å²) < 4.78 is 50.0. The highest BCUT2D eigenvalue weighted by Crippen LogP contribution is 2.45. The first-order valence-corrected chi connectivity index (χ1v) is 17.4. The fourth-order valence-electron chi connectivity index (χ4n) is 7.73. The monoisotopic (exact) mass is 685 g/mol. The maximum absolute atomic E-state index is 15.3. The van der Waals surface area contributed by atoms with Gasteiger partial charge in [-0.1, -0.05) is 84.9 Å². The molecular weight excluding hydrogens is 652 g/mol. The van der Waals surface area contributed by atoms with Crippen molar-refractivity contribution in [3.63, 3.8) is 0 Å². The second-order valence-electron chi connectivity index (χ2n) is 13.9. The number of halogens is 3. The largest absolute Gasteiger partial charge is 0.416 e. The number of aryl methyl sites for hydroxylation is 4. The molecule has 0 spiro atoms. The Hall–Kier alpha value is -6.14. The van der Waals surface area contributed by atoms with Crippen LogP contribution < -0.4 is 0 Å². The van der Waals surface area contributed by atoms with Gasteiger partial charge >= 0.3 is 6.18 Å². The first kappa shape index (κ1) is 31.8. The third-order valence-corrected chi connectivity index (χ3v) is 10.1. The third kappa shape index (κ3) is 5.09. The fourth-order valence-corrected chi connectivity index (χ4v) is 7.73. The Kier molecular flexibility index (Phi) is 7.16. The molecule has 6 heteroatoms. The van der Waals surface area contributed by atoms with Crippen molar-refractivity contribution in [1.29, 1.82) is 0 Å². The lowest BCUT2D eigenvalue weighted by Gasteiger charge is -2.22. The van der Waals surface area contributed by atoms with E-state index in [1.807, 2.05) is 85.4 Å². The quantitative estimate of drug-likeness (QED) is 0.181. The van der Waals surface area contributed by atoms with Gasteiger partial charge in [0.05, 0.1) is 50.4 Å². The first-order chi connectivity index (χ1) is 25.0. The van der Waals surface area contributed by atoms with Crippen LogP contribution >= 0.6 is 0 Å². The Morgan fingerprint density at radius 2 is 0.846 bits per heavy atom. The minimum Gasteiger partial charge on any atom is -0.308 e.